The van der Waals surface area contributed by atoms with Crippen molar-refractivity contribution in [2.45, 2.75) is 18.6 Å². The first kappa shape index (κ1) is 14.2. The standard InChI is InChI=1S/C12H24S2/c1-7-9-12(13-3,10-8-2)11-14(4,5)6/h7-10H,11H2,1-6H3. The molecule has 0 aliphatic carbocycles. The molecule has 0 atom stereocenters. The third-order valence-electron chi connectivity index (χ3n) is 1.94. The molecule has 0 amide bonds. The fourth-order valence-electron chi connectivity index (χ4n) is 1.59. The number of hydrogen-bond acceptors (Lipinski definition) is 1. The van der Waals surface area contributed by atoms with E-state index in [4.69, 9.17) is 0 Å². The van der Waals surface area contributed by atoms with Crippen LogP contribution in [0.5, 0.6) is 0 Å². The topological polar surface area (TPSA) is 0 Å². The van der Waals surface area contributed by atoms with Crippen LogP contribution in [-0.4, -0.2) is 35.5 Å². The lowest BCUT2D eigenvalue weighted by molar-refractivity contribution is 1.01. The summed E-state index contributed by atoms with van der Waals surface area (Å²) in [6, 6.07) is 0. The molecular formula is C12H24S2. The van der Waals surface area contributed by atoms with Gasteiger partial charge in [-0.05, 0) is 44.6 Å². The summed E-state index contributed by atoms with van der Waals surface area (Å²) >= 11 is 1.94. The normalized spacial score (nSPS) is 19.0. The van der Waals surface area contributed by atoms with Crippen molar-refractivity contribution >= 4 is 21.8 Å². The van der Waals surface area contributed by atoms with E-state index in [2.05, 4.69) is 63.2 Å². The largest absolute Gasteiger partial charge is 0.248 e. The average Bonchev–Trinajstić information content (AvgIpc) is 2.02. The highest BCUT2D eigenvalue weighted by Gasteiger charge is 2.26. The number of rotatable bonds is 5. The lowest BCUT2D eigenvalue weighted by Gasteiger charge is -2.36. The van der Waals surface area contributed by atoms with E-state index in [1.807, 2.05) is 11.8 Å². The van der Waals surface area contributed by atoms with E-state index in [1.54, 1.807) is 0 Å². The van der Waals surface area contributed by atoms with E-state index in [0.29, 0.717) is 0 Å². The van der Waals surface area contributed by atoms with Gasteiger partial charge in [0.15, 0.2) is 0 Å². The van der Waals surface area contributed by atoms with Gasteiger partial charge in [-0.3, -0.25) is 0 Å². The van der Waals surface area contributed by atoms with Gasteiger partial charge in [-0.25, -0.2) is 10.0 Å². The second kappa shape index (κ2) is 5.92. The van der Waals surface area contributed by atoms with Crippen molar-refractivity contribution < 1.29 is 0 Å². The molecule has 0 radical (unpaired) electrons. The average molecular weight is 232 g/mol. The maximum absolute atomic E-state index is 2.38. The molecule has 0 saturated heterocycles. The minimum atomic E-state index is -0.462. The van der Waals surface area contributed by atoms with Gasteiger partial charge in [-0.1, -0.05) is 24.3 Å². The summed E-state index contributed by atoms with van der Waals surface area (Å²) in [6.07, 6.45) is 18.3. The molecule has 0 spiro atoms. The molecule has 2 heteroatoms. The molecule has 0 unspecified atom stereocenters. The van der Waals surface area contributed by atoms with Gasteiger partial charge in [-0.15, -0.1) is 11.8 Å². The molecule has 0 aromatic heterocycles. The minimum absolute atomic E-state index is 0.219. The molecule has 0 aliphatic rings. The van der Waals surface area contributed by atoms with E-state index < -0.39 is 10.0 Å². The van der Waals surface area contributed by atoms with Gasteiger partial charge in [0.05, 0.1) is 4.75 Å². The molecule has 0 nitrogen and oxygen atoms in total. The van der Waals surface area contributed by atoms with Crippen molar-refractivity contribution in [2.75, 3.05) is 30.8 Å². The molecule has 0 aromatic carbocycles. The van der Waals surface area contributed by atoms with E-state index in [9.17, 15) is 0 Å². The van der Waals surface area contributed by atoms with Crippen LogP contribution in [0.15, 0.2) is 24.3 Å². The lowest BCUT2D eigenvalue weighted by atomic mass is 10.1. The van der Waals surface area contributed by atoms with Crippen LogP contribution in [0.25, 0.3) is 0 Å². The maximum atomic E-state index is 2.38. The van der Waals surface area contributed by atoms with Crippen LogP contribution in [0.3, 0.4) is 0 Å². The van der Waals surface area contributed by atoms with E-state index in [-0.39, 0.29) is 4.75 Å². The Kier molecular flexibility index (Phi) is 5.99. The Hall–Kier alpha value is 0.180. The summed E-state index contributed by atoms with van der Waals surface area (Å²) in [5.74, 6) is 1.26. The van der Waals surface area contributed by atoms with Gasteiger partial charge in [-0.2, -0.15) is 0 Å². The predicted molar refractivity (Wildman–Crippen MR) is 76.1 cm³/mol. The van der Waals surface area contributed by atoms with Crippen LogP contribution in [0.1, 0.15) is 13.8 Å². The Morgan fingerprint density at radius 2 is 1.50 bits per heavy atom. The Morgan fingerprint density at radius 1 is 1.07 bits per heavy atom. The fraction of sp³-hybridized carbons (Fsp3) is 0.667. The molecule has 0 fully saturated rings. The van der Waals surface area contributed by atoms with Crippen LogP contribution in [0.2, 0.25) is 0 Å². The molecule has 0 aliphatic heterocycles. The molecule has 0 heterocycles. The summed E-state index contributed by atoms with van der Waals surface area (Å²) in [4.78, 5) is 0. The van der Waals surface area contributed by atoms with E-state index in [1.165, 1.54) is 5.75 Å². The summed E-state index contributed by atoms with van der Waals surface area (Å²) in [7, 11) is -0.462. The van der Waals surface area contributed by atoms with Crippen molar-refractivity contribution in [3.05, 3.63) is 24.3 Å². The molecule has 0 saturated carbocycles. The number of hydrogen-bond donors (Lipinski definition) is 0. The third kappa shape index (κ3) is 5.16. The van der Waals surface area contributed by atoms with E-state index in [0.717, 1.165) is 0 Å². The summed E-state index contributed by atoms with van der Waals surface area (Å²) in [6.45, 7) is 4.21. The first-order chi connectivity index (χ1) is 6.39. The second-order valence-electron chi connectivity index (χ2n) is 4.39. The molecule has 0 bridgehead atoms. The Balaban J connectivity index is 4.85. The highest BCUT2D eigenvalue weighted by molar-refractivity contribution is 8.32. The van der Waals surface area contributed by atoms with Crippen molar-refractivity contribution in [3.8, 4) is 0 Å². The molecule has 14 heavy (non-hydrogen) atoms. The van der Waals surface area contributed by atoms with Crippen molar-refractivity contribution in [2.24, 2.45) is 0 Å². The smallest absolute Gasteiger partial charge is 0.0591 e. The predicted octanol–water partition coefficient (Wildman–Crippen LogP) is 3.93. The first-order valence-electron chi connectivity index (χ1n) is 4.88. The quantitative estimate of drug-likeness (QED) is 0.647. The van der Waals surface area contributed by atoms with Crippen LogP contribution in [-0.2, 0) is 0 Å². The highest BCUT2D eigenvalue weighted by atomic mass is 32.3. The summed E-state index contributed by atoms with van der Waals surface area (Å²) in [5, 5.41) is 0. The summed E-state index contributed by atoms with van der Waals surface area (Å²) < 4.78 is 0.219. The van der Waals surface area contributed by atoms with Gasteiger partial charge in [0, 0.05) is 0 Å². The van der Waals surface area contributed by atoms with Crippen LogP contribution >= 0.6 is 21.8 Å². The monoisotopic (exact) mass is 232 g/mol. The molecular weight excluding hydrogens is 208 g/mol. The summed E-state index contributed by atoms with van der Waals surface area (Å²) in [5.41, 5.74) is 0. The lowest BCUT2D eigenvalue weighted by Crippen LogP contribution is -2.26. The molecule has 0 aromatic rings. The fourth-order valence-corrected chi connectivity index (χ4v) is 5.21. The maximum Gasteiger partial charge on any atom is 0.0591 e. The third-order valence-corrected chi connectivity index (χ3v) is 4.64. The number of allylic oxidation sites excluding steroid dienone is 2. The van der Waals surface area contributed by atoms with Gasteiger partial charge in [0.2, 0.25) is 0 Å². The SMILES string of the molecule is CC=CC(C=CC)(CS(C)(C)C)SC. The zero-order chi connectivity index (χ0) is 11.2. The van der Waals surface area contributed by atoms with Crippen molar-refractivity contribution in [1.29, 1.82) is 0 Å². The molecule has 0 rings (SSSR count). The van der Waals surface area contributed by atoms with Crippen LogP contribution < -0.4 is 0 Å². The first-order valence-corrected chi connectivity index (χ1v) is 9.13. The zero-order valence-electron chi connectivity index (χ0n) is 10.3. The zero-order valence-corrected chi connectivity index (χ0v) is 12.0. The van der Waals surface area contributed by atoms with Crippen molar-refractivity contribution in [3.63, 3.8) is 0 Å². The van der Waals surface area contributed by atoms with Gasteiger partial charge in [0.1, 0.15) is 0 Å². The Morgan fingerprint density at radius 3 is 1.71 bits per heavy atom. The number of thioether (sulfide) groups is 1. The van der Waals surface area contributed by atoms with Crippen LogP contribution in [0, 0.1) is 0 Å². The van der Waals surface area contributed by atoms with Crippen molar-refractivity contribution in [1.82, 2.24) is 0 Å². The van der Waals surface area contributed by atoms with Gasteiger partial charge >= 0.3 is 0 Å². The van der Waals surface area contributed by atoms with E-state index >= 15 is 0 Å². The molecule has 84 valence electrons. The van der Waals surface area contributed by atoms with Gasteiger partial charge in [0.25, 0.3) is 0 Å². The van der Waals surface area contributed by atoms with Gasteiger partial charge < -0.3 is 0 Å². The van der Waals surface area contributed by atoms with Crippen LogP contribution in [0.4, 0.5) is 0 Å². The Labute approximate surface area is 95.6 Å². The Bertz CT molecular complexity index is 197. The highest BCUT2D eigenvalue weighted by Crippen LogP contribution is 2.44. The molecule has 0 N–H and O–H groups in total. The minimum Gasteiger partial charge on any atom is -0.248 e. The second-order valence-corrected chi connectivity index (χ2v) is 10.0.